The zero-order chi connectivity index (χ0) is 14.3. The summed E-state index contributed by atoms with van der Waals surface area (Å²) in [5.41, 5.74) is 0.503. The third-order valence-electron chi connectivity index (χ3n) is 2.80. The Morgan fingerprint density at radius 1 is 1.26 bits per heavy atom. The Hall–Kier alpha value is -1.06. The standard InChI is InChI=1S/C16H27NO2/c1-5-10-17-13(2)11-14-6-8-15(9-7-14)19-12-16(3,4)18/h6-9,13,17-18H,5,10-12H2,1-4H3. The molecule has 19 heavy (non-hydrogen) atoms. The Bertz CT molecular complexity index is 354. The summed E-state index contributed by atoms with van der Waals surface area (Å²) in [5, 5.41) is 13.1. The van der Waals surface area contributed by atoms with Crippen molar-refractivity contribution in [1.82, 2.24) is 5.32 Å². The topological polar surface area (TPSA) is 41.5 Å². The van der Waals surface area contributed by atoms with Crippen LogP contribution in [0.5, 0.6) is 5.75 Å². The highest BCUT2D eigenvalue weighted by Gasteiger charge is 2.13. The van der Waals surface area contributed by atoms with E-state index in [1.165, 1.54) is 5.56 Å². The van der Waals surface area contributed by atoms with Crippen LogP contribution in [0.3, 0.4) is 0 Å². The summed E-state index contributed by atoms with van der Waals surface area (Å²) in [6, 6.07) is 8.60. The van der Waals surface area contributed by atoms with Crippen molar-refractivity contribution >= 4 is 0 Å². The maximum Gasteiger partial charge on any atom is 0.119 e. The largest absolute Gasteiger partial charge is 0.491 e. The van der Waals surface area contributed by atoms with Crippen LogP contribution in [0.15, 0.2) is 24.3 Å². The molecule has 108 valence electrons. The molecule has 1 aromatic carbocycles. The summed E-state index contributed by atoms with van der Waals surface area (Å²) >= 11 is 0. The minimum Gasteiger partial charge on any atom is -0.491 e. The third kappa shape index (κ3) is 7.19. The fraction of sp³-hybridized carbons (Fsp3) is 0.625. The molecule has 1 rings (SSSR count). The van der Waals surface area contributed by atoms with Gasteiger partial charge in [-0.05, 0) is 57.9 Å². The predicted octanol–water partition coefficient (Wildman–Crippen LogP) is 2.77. The molecule has 0 bridgehead atoms. The van der Waals surface area contributed by atoms with E-state index in [2.05, 4.69) is 31.3 Å². The highest BCUT2D eigenvalue weighted by atomic mass is 16.5. The van der Waals surface area contributed by atoms with Gasteiger partial charge in [-0.3, -0.25) is 0 Å². The number of nitrogens with one attached hydrogen (secondary N) is 1. The number of hydrogen-bond acceptors (Lipinski definition) is 3. The van der Waals surface area contributed by atoms with E-state index >= 15 is 0 Å². The summed E-state index contributed by atoms with van der Waals surface area (Å²) in [4.78, 5) is 0. The van der Waals surface area contributed by atoms with Crippen molar-refractivity contribution < 1.29 is 9.84 Å². The monoisotopic (exact) mass is 265 g/mol. The smallest absolute Gasteiger partial charge is 0.119 e. The minimum absolute atomic E-state index is 0.306. The predicted molar refractivity (Wildman–Crippen MR) is 79.7 cm³/mol. The molecule has 1 aromatic rings. The summed E-state index contributed by atoms with van der Waals surface area (Å²) in [6.07, 6.45) is 2.18. The Labute approximate surface area is 117 Å². The second-order valence-electron chi connectivity index (χ2n) is 5.80. The van der Waals surface area contributed by atoms with Crippen molar-refractivity contribution in [3.8, 4) is 5.75 Å². The molecular formula is C16H27NO2. The summed E-state index contributed by atoms with van der Waals surface area (Å²) in [7, 11) is 0. The Morgan fingerprint density at radius 3 is 2.42 bits per heavy atom. The molecule has 0 aliphatic rings. The minimum atomic E-state index is -0.794. The van der Waals surface area contributed by atoms with Crippen molar-refractivity contribution in [1.29, 1.82) is 0 Å². The Balaban J connectivity index is 2.43. The lowest BCUT2D eigenvalue weighted by molar-refractivity contribution is 0.0285. The van der Waals surface area contributed by atoms with Crippen molar-refractivity contribution in [2.45, 2.75) is 52.2 Å². The molecule has 0 aliphatic heterocycles. The van der Waals surface area contributed by atoms with Gasteiger partial charge in [-0.25, -0.2) is 0 Å². The first-order valence-corrected chi connectivity index (χ1v) is 7.08. The van der Waals surface area contributed by atoms with Crippen molar-refractivity contribution in [2.75, 3.05) is 13.2 Å². The van der Waals surface area contributed by atoms with E-state index < -0.39 is 5.60 Å². The normalized spacial score (nSPS) is 13.3. The van der Waals surface area contributed by atoms with Crippen LogP contribution in [-0.4, -0.2) is 29.9 Å². The van der Waals surface area contributed by atoms with Crippen LogP contribution in [0.1, 0.15) is 39.7 Å². The molecule has 3 heteroatoms. The highest BCUT2D eigenvalue weighted by molar-refractivity contribution is 5.27. The average Bonchev–Trinajstić information content (AvgIpc) is 2.34. The zero-order valence-corrected chi connectivity index (χ0v) is 12.6. The number of aliphatic hydroxyl groups is 1. The summed E-state index contributed by atoms with van der Waals surface area (Å²) in [5.74, 6) is 0.806. The van der Waals surface area contributed by atoms with E-state index in [9.17, 15) is 5.11 Å². The maximum absolute atomic E-state index is 9.60. The number of benzene rings is 1. The molecule has 0 saturated carbocycles. The molecule has 0 spiro atoms. The van der Waals surface area contributed by atoms with Gasteiger partial charge in [0, 0.05) is 6.04 Å². The van der Waals surface area contributed by atoms with E-state index in [0.29, 0.717) is 12.6 Å². The van der Waals surface area contributed by atoms with Crippen LogP contribution in [0.4, 0.5) is 0 Å². The van der Waals surface area contributed by atoms with Gasteiger partial charge in [0.1, 0.15) is 12.4 Å². The van der Waals surface area contributed by atoms with Gasteiger partial charge in [0.2, 0.25) is 0 Å². The fourth-order valence-electron chi connectivity index (χ4n) is 1.80. The lowest BCUT2D eigenvalue weighted by Gasteiger charge is -2.18. The van der Waals surface area contributed by atoms with Crippen molar-refractivity contribution in [2.24, 2.45) is 0 Å². The molecule has 0 fully saturated rings. The molecule has 1 unspecified atom stereocenters. The average molecular weight is 265 g/mol. The van der Waals surface area contributed by atoms with Crippen LogP contribution < -0.4 is 10.1 Å². The molecule has 1 atom stereocenters. The maximum atomic E-state index is 9.60. The first-order valence-electron chi connectivity index (χ1n) is 7.08. The Kier molecular flexibility index (Phi) is 6.32. The van der Waals surface area contributed by atoms with Gasteiger partial charge in [0.25, 0.3) is 0 Å². The number of ether oxygens (including phenoxy) is 1. The molecular weight excluding hydrogens is 238 g/mol. The number of hydrogen-bond donors (Lipinski definition) is 2. The van der Waals surface area contributed by atoms with Crippen LogP contribution in [0, 0.1) is 0 Å². The SMILES string of the molecule is CCCNC(C)Cc1ccc(OCC(C)(C)O)cc1. The summed E-state index contributed by atoms with van der Waals surface area (Å²) in [6.45, 7) is 9.22. The van der Waals surface area contributed by atoms with Gasteiger partial charge in [0.15, 0.2) is 0 Å². The second kappa shape index (κ2) is 7.51. The molecule has 0 aromatic heterocycles. The quantitative estimate of drug-likeness (QED) is 0.759. The first kappa shape index (κ1) is 16.0. The van der Waals surface area contributed by atoms with E-state index in [0.717, 1.165) is 25.1 Å². The number of rotatable bonds is 8. The second-order valence-corrected chi connectivity index (χ2v) is 5.80. The van der Waals surface area contributed by atoms with E-state index in [1.54, 1.807) is 13.8 Å². The molecule has 0 aliphatic carbocycles. The van der Waals surface area contributed by atoms with Gasteiger partial charge in [-0.1, -0.05) is 19.1 Å². The Morgan fingerprint density at radius 2 is 1.89 bits per heavy atom. The van der Waals surface area contributed by atoms with Gasteiger partial charge in [-0.2, -0.15) is 0 Å². The molecule has 0 saturated heterocycles. The van der Waals surface area contributed by atoms with E-state index in [4.69, 9.17) is 4.74 Å². The summed E-state index contributed by atoms with van der Waals surface area (Å²) < 4.78 is 5.53. The molecule has 2 N–H and O–H groups in total. The molecule has 0 radical (unpaired) electrons. The zero-order valence-electron chi connectivity index (χ0n) is 12.6. The molecule has 0 amide bonds. The van der Waals surface area contributed by atoms with Gasteiger partial charge in [0.05, 0.1) is 5.60 Å². The first-order chi connectivity index (χ1) is 8.90. The third-order valence-corrected chi connectivity index (χ3v) is 2.80. The van der Waals surface area contributed by atoms with Crippen LogP contribution >= 0.6 is 0 Å². The highest BCUT2D eigenvalue weighted by Crippen LogP contribution is 2.15. The van der Waals surface area contributed by atoms with Crippen LogP contribution in [0.2, 0.25) is 0 Å². The fourth-order valence-corrected chi connectivity index (χ4v) is 1.80. The van der Waals surface area contributed by atoms with Gasteiger partial charge in [-0.15, -0.1) is 0 Å². The lowest BCUT2D eigenvalue weighted by Crippen LogP contribution is -2.28. The van der Waals surface area contributed by atoms with Gasteiger partial charge >= 0.3 is 0 Å². The van der Waals surface area contributed by atoms with Crippen molar-refractivity contribution in [3.05, 3.63) is 29.8 Å². The van der Waals surface area contributed by atoms with Crippen LogP contribution in [0.25, 0.3) is 0 Å². The lowest BCUT2D eigenvalue weighted by atomic mass is 10.1. The molecule has 3 nitrogen and oxygen atoms in total. The van der Waals surface area contributed by atoms with Crippen molar-refractivity contribution in [3.63, 3.8) is 0 Å². The van der Waals surface area contributed by atoms with Crippen LogP contribution in [-0.2, 0) is 6.42 Å². The van der Waals surface area contributed by atoms with E-state index in [1.807, 2.05) is 12.1 Å². The van der Waals surface area contributed by atoms with E-state index in [-0.39, 0.29) is 0 Å². The molecule has 0 heterocycles. The van der Waals surface area contributed by atoms with Gasteiger partial charge < -0.3 is 15.2 Å².